The Morgan fingerprint density at radius 3 is 2.20 bits per heavy atom. The molecule has 1 heterocycles. The first kappa shape index (κ1) is 12.5. The summed E-state index contributed by atoms with van der Waals surface area (Å²) >= 11 is 0. The molecule has 0 bridgehead atoms. The van der Waals surface area contributed by atoms with Gasteiger partial charge in [0.05, 0.1) is 5.92 Å². The lowest BCUT2D eigenvalue weighted by atomic mass is 9.71. The fraction of sp³-hybridized carbons (Fsp3) is 0.923. The van der Waals surface area contributed by atoms with Crippen LogP contribution in [-0.2, 0) is 9.53 Å². The van der Waals surface area contributed by atoms with Gasteiger partial charge in [0, 0.05) is 5.92 Å². The Morgan fingerprint density at radius 1 is 1.27 bits per heavy atom. The summed E-state index contributed by atoms with van der Waals surface area (Å²) in [5.74, 6) is 1.13. The smallest absolute Gasteiger partial charge is 0.309 e. The van der Waals surface area contributed by atoms with Gasteiger partial charge in [-0.1, -0.05) is 33.6 Å². The van der Waals surface area contributed by atoms with Crippen molar-refractivity contribution >= 4 is 5.97 Å². The number of carbonyl (C=O) groups excluding carboxylic acids is 1. The Morgan fingerprint density at radius 2 is 1.80 bits per heavy atom. The van der Waals surface area contributed by atoms with Crippen molar-refractivity contribution in [2.75, 3.05) is 0 Å². The number of rotatable bonds is 4. The van der Waals surface area contributed by atoms with Crippen LogP contribution in [-0.4, -0.2) is 11.6 Å². The minimum Gasteiger partial charge on any atom is -0.459 e. The molecule has 0 N–H and O–H groups in total. The Kier molecular flexibility index (Phi) is 3.80. The lowest BCUT2D eigenvalue weighted by Crippen LogP contribution is -2.35. The molecule has 88 valence electrons. The largest absolute Gasteiger partial charge is 0.459 e. The molecular formula is C13H24O2. The van der Waals surface area contributed by atoms with Crippen molar-refractivity contribution in [2.45, 2.75) is 59.5 Å². The first-order valence-corrected chi connectivity index (χ1v) is 6.20. The molecule has 0 aromatic rings. The van der Waals surface area contributed by atoms with Gasteiger partial charge in [-0.15, -0.1) is 0 Å². The highest BCUT2D eigenvalue weighted by Gasteiger charge is 2.51. The number of hydrogen-bond donors (Lipinski definition) is 0. The molecule has 2 atom stereocenters. The number of hydrogen-bond acceptors (Lipinski definition) is 2. The fourth-order valence-electron chi connectivity index (χ4n) is 3.15. The lowest BCUT2D eigenvalue weighted by molar-refractivity contribution is -0.148. The van der Waals surface area contributed by atoms with E-state index in [2.05, 4.69) is 34.6 Å². The van der Waals surface area contributed by atoms with Gasteiger partial charge in [0.2, 0.25) is 0 Å². The summed E-state index contributed by atoms with van der Waals surface area (Å²) < 4.78 is 5.51. The molecule has 0 radical (unpaired) electrons. The topological polar surface area (TPSA) is 26.3 Å². The Hall–Kier alpha value is -0.530. The fourth-order valence-corrected chi connectivity index (χ4v) is 3.15. The van der Waals surface area contributed by atoms with Crippen molar-refractivity contribution in [1.82, 2.24) is 0 Å². The molecule has 0 spiro atoms. The van der Waals surface area contributed by atoms with Gasteiger partial charge in [0.25, 0.3) is 0 Å². The summed E-state index contributed by atoms with van der Waals surface area (Å²) in [6.07, 6.45) is 3.18. The molecular weight excluding hydrogens is 188 g/mol. The molecule has 0 aromatic carbocycles. The van der Waals surface area contributed by atoms with Crippen molar-refractivity contribution in [3.63, 3.8) is 0 Å². The molecule has 1 fully saturated rings. The molecule has 0 aromatic heterocycles. The van der Waals surface area contributed by atoms with E-state index in [4.69, 9.17) is 4.74 Å². The first-order valence-electron chi connectivity index (χ1n) is 6.20. The number of esters is 1. The van der Waals surface area contributed by atoms with Gasteiger partial charge in [-0.25, -0.2) is 0 Å². The highest BCUT2D eigenvalue weighted by atomic mass is 16.6. The van der Waals surface area contributed by atoms with Crippen molar-refractivity contribution in [1.29, 1.82) is 0 Å². The summed E-state index contributed by atoms with van der Waals surface area (Å²) in [6.45, 7) is 10.6. The predicted octanol–water partition coefficient (Wildman–Crippen LogP) is 3.40. The predicted molar refractivity (Wildman–Crippen MR) is 61.5 cm³/mol. The van der Waals surface area contributed by atoms with Gasteiger partial charge in [0.15, 0.2) is 0 Å². The summed E-state index contributed by atoms with van der Waals surface area (Å²) in [7, 11) is 0. The second-order valence-electron chi connectivity index (χ2n) is 5.14. The molecule has 0 saturated carbocycles. The van der Waals surface area contributed by atoms with Gasteiger partial charge in [-0.3, -0.25) is 4.79 Å². The van der Waals surface area contributed by atoms with Crippen LogP contribution in [0, 0.1) is 17.8 Å². The van der Waals surface area contributed by atoms with Crippen molar-refractivity contribution in [2.24, 2.45) is 17.8 Å². The Balaban J connectivity index is 2.94. The van der Waals surface area contributed by atoms with Gasteiger partial charge in [-0.05, 0) is 26.2 Å². The zero-order valence-electron chi connectivity index (χ0n) is 10.7. The molecule has 1 aliphatic rings. The summed E-state index contributed by atoms with van der Waals surface area (Å²) in [6, 6.07) is 0. The molecule has 0 aliphatic carbocycles. The number of ether oxygens (including phenoxy) is 1. The minimum atomic E-state index is -0.269. The molecule has 2 heteroatoms. The molecule has 2 nitrogen and oxygen atoms in total. The highest BCUT2D eigenvalue weighted by molar-refractivity contribution is 5.75. The maximum atomic E-state index is 11.7. The Labute approximate surface area is 93.4 Å². The van der Waals surface area contributed by atoms with Crippen LogP contribution >= 0.6 is 0 Å². The zero-order valence-corrected chi connectivity index (χ0v) is 10.7. The van der Waals surface area contributed by atoms with Crippen LogP contribution in [0.15, 0.2) is 0 Å². The zero-order chi connectivity index (χ0) is 11.6. The van der Waals surface area contributed by atoms with Crippen LogP contribution in [0.3, 0.4) is 0 Å². The van der Waals surface area contributed by atoms with E-state index in [0.29, 0.717) is 11.8 Å². The van der Waals surface area contributed by atoms with Crippen LogP contribution < -0.4 is 0 Å². The van der Waals surface area contributed by atoms with E-state index in [1.165, 1.54) is 0 Å². The van der Waals surface area contributed by atoms with E-state index in [0.717, 1.165) is 19.3 Å². The maximum absolute atomic E-state index is 11.7. The van der Waals surface area contributed by atoms with Crippen molar-refractivity contribution in [3.8, 4) is 0 Å². The standard InChI is InChI=1S/C13H24O2/c1-6-9(7-2)11-10(8-3)12(14)15-13(11,4)5/h9-11H,6-8H2,1-5H3/t10-,11?/m1/s1. The quantitative estimate of drug-likeness (QED) is 0.668. The average Bonchev–Trinajstić information content (AvgIpc) is 2.39. The number of carbonyl (C=O) groups is 1. The molecule has 1 rings (SSSR count). The molecule has 1 saturated heterocycles. The van der Waals surface area contributed by atoms with E-state index >= 15 is 0 Å². The SMILES string of the molecule is CCC(CC)C1[C@@H](CC)C(=O)OC1(C)C. The van der Waals surface area contributed by atoms with Crippen molar-refractivity contribution in [3.05, 3.63) is 0 Å². The van der Waals surface area contributed by atoms with E-state index in [9.17, 15) is 4.79 Å². The van der Waals surface area contributed by atoms with E-state index in [1.54, 1.807) is 0 Å². The molecule has 15 heavy (non-hydrogen) atoms. The summed E-state index contributed by atoms with van der Waals surface area (Å²) in [4.78, 5) is 11.7. The van der Waals surface area contributed by atoms with E-state index in [1.807, 2.05) is 0 Å². The third-order valence-electron chi connectivity index (χ3n) is 3.90. The summed E-state index contributed by atoms with van der Waals surface area (Å²) in [5.41, 5.74) is -0.269. The van der Waals surface area contributed by atoms with Gasteiger partial charge in [0.1, 0.15) is 5.60 Å². The normalized spacial score (nSPS) is 29.6. The molecule has 1 unspecified atom stereocenters. The van der Waals surface area contributed by atoms with Gasteiger partial charge in [-0.2, -0.15) is 0 Å². The first-order chi connectivity index (χ1) is 6.97. The van der Waals surface area contributed by atoms with Crippen LogP contribution in [0.4, 0.5) is 0 Å². The van der Waals surface area contributed by atoms with E-state index in [-0.39, 0.29) is 17.5 Å². The van der Waals surface area contributed by atoms with Crippen LogP contribution in [0.2, 0.25) is 0 Å². The van der Waals surface area contributed by atoms with Crippen LogP contribution in [0.25, 0.3) is 0 Å². The van der Waals surface area contributed by atoms with Crippen molar-refractivity contribution < 1.29 is 9.53 Å². The monoisotopic (exact) mass is 212 g/mol. The van der Waals surface area contributed by atoms with Gasteiger partial charge < -0.3 is 4.74 Å². The average molecular weight is 212 g/mol. The maximum Gasteiger partial charge on any atom is 0.309 e. The lowest BCUT2D eigenvalue weighted by Gasteiger charge is -2.33. The molecule has 0 amide bonds. The van der Waals surface area contributed by atoms with Crippen LogP contribution in [0.5, 0.6) is 0 Å². The molecule has 1 aliphatic heterocycles. The van der Waals surface area contributed by atoms with Gasteiger partial charge >= 0.3 is 5.97 Å². The highest BCUT2D eigenvalue weighted by Crippen LogP contribution is 2.45. The third kappa shape index (κ3) is 2.19. The number of cyclic esters (lactones) is 1. The second-order valence-corrected chi connectivity index (χ2v) is 5.14. The summed E-state index contributed by atoms with van der Waals surface area (Å²) in [5, 5.41) is 0. The van der Waals surface area contributed by atoms with E-state index < -0.39 is 0 Å². The Bertz CT molecular complexity index is 229. The minimum absolute atomic E-state index is 0.0133. The van der Waals surface area contributed by atoms with Crippen LogP contribution in [0.1, 0.15) is 53.9 Å². The second kappa shape index (κ2) is 4.54. The third-order valence-corrected chi connectivity index (χ3v) is 3.90.